The van der Waals surface area contributed by atoms with Crippen molar-refractivity contribution in [3.63, 3.8) is 0 Å². The Bertz CT molecular complexity index is 590. The first-order valence-corrected chi connectivity index (χ1v) is 7.56. The van der Waals surface area contributed by atoms with E-state index in [2.05, 4.69) is 29.1 Å². The van der Waals surface area contributed by atoms with Crippen LogP contribution in [0.25, 0.3) is 0 Å². The Labute approximate surface area is 123 Å². The molecule has 0 aliphatic rings. The molecule has 0 unspecified atom stereocenters. The zero-order valence-electron chi connectivity index (χ0n) is 12.1. The highest BCUT2D eigenvalue weighted by atomic mass is 32.2. The van der Waals surface area contributed by atoms with Crippen molar-refractivity contribution < 1.29 is 4.74 Å². The zero-order chi connectivity index (χ0) is 14.5. The van der Waals surface area contributed by atoms with Crippen LogP contribution in [-0.4, -0.2) is 34.5 Å². The second-order valence-electron chi connectivity index (χ2n) is 4.53. The van der Waals surface area contributed by atoms with Crippen LogP contribution in [0.1, 0.15) is 31.2 Å². The third-order valence-electron chi connectivity index (χ3n) is 2.77. The van der Waals surface area contributed by atoms with Crippen LogP contribution in [0.5, 0.6) is 5.75 Å². The van der Waals surface area contributed by atoms with Crippen molar-refractivity contribution in [1.82, 2.24) is 14.9 Å². The van der Waals surface area contributed by atoms with Crippen LogP contribution < -0.4 is 4.74 Å². The van der Waals surface area contributed by atoms with Crippen LogP contribution in [0.2, 0.25) is 0 Å². The average molecular weight is 290 g/mol. The summed E-state index contributed by atoms with van der Waals surface area (Å²) >= 11 is 1.53. The summed E-state index contributed by atoms with van der Waals surface area (Å²) in [6, 6.07) is 7.74. The Morgan fingerprint density at radius 2 is 1.95 bits per heavy atom. The third-order valence-corrected chi connectivity index (χ3v) is 3.39. The first-order chi connectivity index (χ1) is 9.65. The molecule has 0 amide bonds. The molecule has 0 aliphatic heterocycles. The highest BCUT2D eigenvalue weighted by Gasteiger charge is 2.13. The largest absolute Gasteiger partial charge is 0.497 e. The highest BCUT2D eigenvalue weighted by Crippen LogP contribution is 2.19. The lowest BCUT2D eigenvalue weighted by Crippen LogP contribution is -2.01. The van der Waals surface area contributed by atoms with Crippen LogP contribution in [0.4, 0.5) is 0 Å². The van der Waals surface area contributed by atoms with Crippen LogP contribution in [0, 0.1) is 0 Å². The summed E-state index contributed by atoms with van der Waals surface area (Å²) in [5, 5.41) is 13.6. The molecule has 0 aliphatic carbocycles. The molecular weight excluding hydrogens is 272 g/mol. The monoisotopic (exact) mass is 290 g/mol. The summed E-state index contributed by atoms with van der Waals surface area (Å²) in [6.45, 7) is 4.15. The Morgan fingerprint density at radius 1 is 1.25 bits per heavy atom. The molecule has 0 saturated heterocycles. The summed E-state index contributed by atoms with van der Waals surface area (Å²) in [4.78, 5) is 0. The minimum absolute atomic E-state index is 0.274. The zero-order valence-corrected chi connectivity index (χ0v) is 12.9. The van der Waals surface area contributed by atoms with Crippen LogP contribution in [0.3, 0.4) is 0 Å². The van der Waals surface area contributed by atoms with Gasteiger partial charge in [0.2, 0.25) is 5.16 Å². The lowest BCUT2D eigenvalue weighted by molar-refractivity contribution is 0.415. The minimum atomic E-state index is 0.274. The molecule has 0 saturated carbocycles. The molecule has 106 valence electrons. The van der Waals surface area contributed by atoms with Gasteiger partial charge in [-0.1, -0.05) is 25.6 Å². The fourth-order valence-electron chi connectivity index (χ4n) is 1.69. The molecule has 6 heteroatoms. The van der Waals surface area contributed by atoms with Crippen LogP contribution >= 0.6 is 11.8 Å². The molecule has 1 aromatic heterocycles. The van der Waals surface area contributed by atoms with Crippen molar-refractivity contribution in [1.29, 1.82) is 0 Å². The number of thioether (sulfide) groups is 1. The fourth-order valence-corrected chi connectivity index (χ4v) is 2.12. The Hall–Kier alpha value is -1.82. The molecule has 2 aromatic rings. The van der Waals surface area contributed by atoms with Gasteiger partial charge in [-0.25, -0.2) is 0 Å². The molecule has 1 aromatic carbocycles. The van der Waals surface area contributed by atoms with E-state index in [9.17, 15) is 0 Å². The number of methoxy groups -OCH3 is 1. The molecule has 0 radical (unpaired) electrons. The molecule has 20 heavy (non-hydrogen) atoms. The van der Waals surface area contributed by atoms with Gasteiger partial charge in [-0.3, -0.25) is 0 Å². The Balaban J connectivity index is 2.27. The lowest BCUT2D eigenvalue weighted by atomic mass is 10.2. The average Bonchev–Trinajstić information content (AvgIpc) is 2.88. The maximum atomic E-state index is 5.13. The van der Waals surface area contributed by atoms with E-state index in [0.29, 0.717) is 0 Å². The van der Waals surface area contributed by atoms with E-state index in [4.69, 9.17) is 4.74 Å². The summed E-state index contributed by atoms with van der Waals surface area (Å²) < 4.78 is 6.92. The van der Waals surface area contributed by atoms with Crippen molar-refractivity contribution in [3.8, 4) is 5.75 Å². The van der Waals surface area contributed by atoms with Gasteiger partial charge in [-0.2, -0.15) is 9.78 Å². The molecule has 5 nitrogen and oxygen atoms in total. The minimum Gasteiger partial charge on any atom is -0.497 e. The van der Waals surface area contributed by atoms with E-state index >= 15 is 0 Å². The van der Waals surface area contributed by atoms with Crippen LogP contribution in [0.15, 0.2) is 34.5 Å². The molecule has 2 rings (SSSR count). The van der Waals surface area contributed by atoms with E-state index in [1.807, 2.05) is 30.5 Å². The van der Waals surface area contributed by atoms with Gasteiger partial charge in [0.1, 0.15) is 5.75 Å². The van der Waals surface area contributed by atoms with Crippen LogP contribution in [-0.2, 0) is 0 Å². The molecule has 0 N–H and O–H groups in total. The maximum Gasteiger partial charge on any atom is 0.211 e. The first-order valence-electron chi connectivity index (χ1n) is 6.33. The lowest BCUT2D eigenvalue weighted by Gasteiger charge is -2.05. The van der Waals surface area contributed by atoms with Gasteiger partial charge < -0.3 is 4.74 Å². The predicted octanol–water partition coefficient (Wildman–Crippen LogP) is 3.01. The van der Waals surface area contributed by atoms with Crippen molar-refractivity contribution >= 4 is 18.0 Å². The number of ether oxygens (including phenoxy) is 1. The van der Waals surface area contributed by atoms with Gasteiger partial charge in [-0.15, -0.1) is 10.2 Å². The Morgan fingerprint density at radius 3 is 2.50 bits per heavy atom. The van der Waals surface area contributed by atoms with Gasteiger partial charge in [0.25, 0.3) is 0 Å². The standard InChI is InChI=1S/C14H18N4OS/c1-10(2)13-16-17-14(20-4)18(13)15-9-11-5-7-12(19-3)8-6-11/h5-10H,1-4H3/b15-9-. The predicted molar refractivity (Wildman–Crippen MR) is 81.9 cm³/mol. The topological polar surface area (TPSA) is 52.3 Å². The van der Waals surface area contributed by atoms with E-state index in [0.717, 1.165) is 22.3 Å². The number of aromatic nitrogens is 3. The van der Waals surface area contributed by atoms with Gasteiger partial charge in [0.15, 0.2) is 5.82 Å². The summed E-state index contributed by atoms with van der Waals surface area (Å²) in [5.74, 6) is 1.97. The normalized spacial score (nSPS) is 11.4. The van der Waals surface area contributed by atoms with Gasteiger partial charge in [-0.05, 0) is 36.1 Å². The quantitative estimate of drug-likeness (QED) is 0.627. The molecule has 0 atom stereocenters. The fraction of sp³-hybridized carbons (Fsp3) is 0.357. The number of hydrogen-bond acceptors (Lipinski definition) is 5. The highest BCUT2D eigenvalue weighted by molar-refractivity contribution is 7.98. The van der Waals surface area contributed by atoms with Gasteiger partial charge in [0, 0.05) is 5.92 Å². The first kappa shape index (κ1) is 14.6. The molecule has 0 bridgehead atoms. The number of hydrogen-bond donors (Lipinski definition) is 0. The summed E-state index contributed by atoms with van der Waals surface area (Å²) in [6.07, 6.45) is 3.77. The van der Waals surface area contributed by atoms with Crippen molar-refractivity contribution in [2.24, 2.45) is 5.10 Å². The van der Waals surface area contributed by atoms with Gasteiger partial charge >= 0.3 is 0 Å². The third kappa shape index (κ3) is 3.19. The number of benzene rings is 1. The molecule has 0 fully saturated rings. The van der Waals surface area contributed by atoms with E-state index < -0.39 is 0 Å². The molecule has 0 spiro atoms. The molecule has 1 heterocycles. The van der Waals surface area contributed by atoms with Gasteiger partial charge in [0.05, 0.1) is 13.3 Å². The van der Waals surface area contributed by atoms with Crippen molar-refractivity contribution in [2.45, 2.75) is 24.9 Å². The smallest absolute Gasteiger partial charge is 0.211 e. The van der Waals surface area contributed by atoms with E-state index in [1.54, 1.807) is 18.0 Å². The van der Waals surface area contributed by atoms with E-state index in [-0.39, 0.29) is 5.92 Å². The second-order valence-corrected chi connectivity index (χ2v) is 5.30. The van der Waals surface area contributed by atoms with Crippen molar-refractivity contribution in [3.05, 3.63) is 35.7 Å². The summed E-state index contributed by atoms with van der Waals surface area (Å²) in [7, 11) is 1.65. The van der Waals surface area contributed by atoms with E-state index in [1.165, 1.54) is 11.8 Å². The molecular formula is C14H18N4OS. The summed E-state index contributed by atoms with van der Waals surface area (Å²) in [5.41, 5.74) is 1.00. The number of nitrogens with zero attached hydrogens (tertiary/aromatic N) is 4. The maximum absolute atomic E-state index is 5.13. The Kier molecular flexibility index (Phi) is 4.79. The SMILES string of the molecule is COc1ccc(/C=N\n2c(SC)nnc2C(C)C)cc1. The van der Waals surface area contributed by atoms with Crippen molar-refractivity contribution in [2.75, 3.05) is 13.4 Å². The second kappa shape index (κ2) is 6.56. The number of rotatable bonds is 5.